The van der Waals surface area contributed by atoms with Crippen LogP contribution in [0, 0.1) is 0 Å². The second-order valence-electron chi connectivity index (χ2n) is 4.31. The highest BCUT2D eigenvalue weighted by atomic mass is 79.9. The number of aromatic carboxylic acids is 1. The van der Waals surface area contributed by atoms with Crippen LogP contribution in [0.2, 0.25) is 0 Å². The third-order valence-corrected chi connectivity index (χ3v) is 3.24. The quantitative estimate of drug-likeness (QED) is 0.860. The maximum atomic E-state index is 12.0. The van der Waals surface area contributed by atoms with E-state index in [1.165, 1.54) is 12.1 Å². The first-order chi connectivity index (χ1) is 9.56. The van der Waals surface area contributed by atoms with Gasteiger partial charge in [-0.2, -0.15) is 0 Å². The first-order valence-corrected chi connectivity index (χ1v) is 6.87. The van der Waals surface area contributed by atoms with E-state index in [0.717, 1.165) is 0 Å². The molecule has 1 heterocycles. The number of benzene rings is 1. The molecule has 1 aliphatic rings. The number of carbonyl (C=O) groups excluding carboxylic acids is 1. The maximum Gasteiger partial charge on any atom is 0.335 e. The molecule has 0 aliphatic carbocycles. The average Bonchev–Trinajstić information content (AvgIpc) is 2.45. The molecule has 0 aromatic heterocycles. The molecule has 0 bridgehead atoms. The van der Waals surface area contributed by atoms with Crippen LogP contribution in [0.4, 0.5) is 0 Å². The number of nitrogens with one attached hydrogen (secondary N) is 1. The van der Waals surface area contributed by atoms with Crippen molar-refractivity contribution >= 4 is 27.8 Å². The molecule has 7 heteroatoms. The molecule has 108 valence electrons. The second-order valence-corrected chi connectivity index (χ2v) is 5.23. The largest absolute Gasteiger partial charge is 0.478 e. The SMILES string of the molecule is O=C(O)c1cc(Br)cc(C(=O)NC[C@@H]2COCCO2)c1. The van der Waals surface area contributed by atoms with Gasteiger partial charge in [0.15, 0.2) is 0 Å². The lowest BCUT2D eigenvalue weighted by Crippen LogP contribution is -2.39. The number of hydrogen-bond acceptors (Lipinski definition) is 4. The molecule has 6 nitrogen and oxygen atoms in total. The normalized spacial score (nSPS) is 18.6. The Morgan fingerprint density at radius 2 is 2.05 bits per heavy atom. The van der Waals surface area contributed by atoms with Gasteiger partial charge in [0.05, 0.1) is 31.5 Å². The molecular formula is C13H14BrNO5. The summed E-state index contributed by atoms with van der Waals surface area (Å²) in [7, 11) is 0. The zero-order valence-corrected chi connectivity index (χ0v) is 12.2. The Labute approximate surface area is 124 Å². The van der Waals surface area contributed by atoms with Gasteiger partial charge in [-0.05, 0) is 18.2 Å². The number of ether oxygens (including phenoxy) is 2. The van der Waals surface area contributed by atoms with E-state index in [-0.39, 0.29) is 23.1 Å². The predicted octanol–water partition coefficient (Wildman–Crippen LogP) is 1.29. The van der Waals surface area contributed by atoms with Crippen LogP contribution in [0.1, 0.15) is 20.7 Å². The Morgan fingerprint density at radius 1 is 1.30 bits per heavy atom. The Bertz CT molecular complexity index is 513. The topological polar surface area (TPSA) is 84.9 Å². The van der Waals surface area contributed by atoms with E-state index in [1.54, 1.807) is 6.07 Å². The van der Waals surface area contributed by atoms with Gasteiger partial charge in [-0.1, -0.05) is 15.9 Å². The Kier molecular flexibility index (Phi) is 5.11. The van der Waals surface area contributed by atoms with Gasteiger partial charge in [-0.25, -0.2) is 4.79 Å². The molecule has 0 radical (unpaired) electrons. The highest BCUT2D eigenvalue weighted by Crippen LogP contribution is 2.16. The molecular weight excluding hydrogens is 330 g/mol. The summed E-state index contributed by atoms with van der Waals surface area (Å²) in [5.41, 5.74) is 0.343. The van der Waals surface area contributed by atoms with Gasteiger partial charge < -0.3 is 19.9 Å². The number of rotatable bonds is 4. The highest BCUT2D eigenvalue weighted by molar-refractivity contribution is 9.10. The number of carbonyl (C=O) groups is 2. The first kappa shape index (κ1) is 15.0. The lowest BCUT2D eigenvalue weighted by Gasteiger charge is -2.23. The van der Waals surface area contributed by atoms with Crippen LogP contribution in [0.25, 0.3) is 0 Å². The molecule has 2 rings (SSSR count). The summed E-state index contributed by atoms with van der Waals surface area (Å²) >= 11 is 3.19. The van der Waals surface area contributed by atoms with Crippen molar-refractivity contribution in [3.63, 3.8) is 0 Å². The minimum Gasteiger partial charge on any atom is -0.478 e. The summed E-state index contributed by atoms with van der Waals surface area (Å²) in [6, 6.07) is 4.35. The summed E-state index contributed by atoms with van der Waals surface area (Å²) in [6.45, 7) is 1.85. The van der Waals surface area contributed by atoms with E-state index in [2.05, 4.69) is 21.2 Å². The van der Waals surface area contributed by atoms with Crippen molar-refractivity contribution in [3.05, 3.63) is 33.8 Å². The average molecular weight is 344 g/mol. The smallest absolute Gasteiger partial charge is 0.335 e. The zero-order chi connectivity index (χ0) is 14.5. The van der Waals surface area contributed by atoms with Crippen LogP contribution in [0.3, 0.4) is 0 Å². The first-order valence-electron chi connectivity index (χ1n) is 6.07. The Morgan fingerprint density at radius 3 is 2.70 bits per heavy atom. The van der Waals surface area contributed by atoms with Crippen molar-refractivity contribution in [2.24, 2.45) is 0 Å². The van der Waals surface area contributed by atoms with Crippen LogP contribution in [-0.2, 0) is 9.47 Å². The number of hydrogen-bond donors (Lipinski definition) is 2. The molecule has 2 N–H and O–H groups in total. The molecule has 1 amide bonds. The summed E-state index contributed by atoms with van der Waals surface area (Å²) in [4.78, 5) is 22.9. The second kappa shape index (κ2) is 6.83. The molecule has 1 atom stereocenters. The fourth-order valence-corrected chi connectivity index (χ4v) is 2.30. The van der Waals surface area contributed by atoms with E-state index >= 15 is 0 Å². The van der Waals surface area contributed by atoms with Gasteiger partial charge in [-0.15, -0.1) is 0 Å². The number of carboxylic acids is 1. The van der Waals surface area contributed by atoms with Gasteiger partial charge in [0, 0.05) is 16.6 Å². The molecule has 20 heavy (non-hydrogen) atoms. The van der Waals surface area contributed by atoms with Crippen LogP contribution in [0.15, 0.2) is 22.7 Å². The third-order valence-electron chi connectivity index (χ3n) is 2.78. The summed E-state index contributed by atoms with van der Waals surface area (Å²) in [6.07, 6.45) is -0.168. The minimum absolute atomic E-state index is 0.0572. The lowest BCUT2D eigenvalue weighted by atomic mass is 10.1. The molecule has 1 aromatic carbocycles. The zero-order valence-electron chi connectivity index (χ0n) is 10.6. The highest BCUT2D eigenvalue weighted by Gasteiger charge is 2.17. The van der Waals surface area contributed by atoms with Gasteiger partial charge in [0.1, 0.15) is 0 Å². The van der Waals surface area contributed by atoms with Gasteiger partial charge in [0.25, 0.3) is 5.91 Å². The summed E-state index contributed by atoms with van der Waals surface area (Å²) in [5.74, 6) is -1.42. The van der Waals surface area contributed by atoms with E-state index < -0.39 is 5.97 Å². The fraction of sp³-hybridized carbons (Fsp3) is 0.385. The minimum atomic E-state index is -1.08. The van der Waals surface area contributed by atoms with Crippen LogP contribution >= 0.6 is 15.9 Å². The molecule has 1 saturated heterocycles. The van der Waals surface area contributed by atoms with Gasteiger partial charge in [-0.3, -0.25) is 4.79 Å². The fourth-order valence-electron chi connectivity index (χ4n) is 1.81. The van der Waals surface area contributed by atoms with Crippen LogP contribution in [0.5, 0.6) is 0 Å². The predicted molar refractivity (Wildman–Crippen MR) is 74.0 cm³/mol. The Hall–Kier alpha value is -1.44. The molecule has 0 saturated carbocycles. The number of amides is 1. The van der Waals surface area contributed by atoms with Crippen molar-refractivity contribution in [1.29, 1.82) is 0 Å². The molecule has 1 aliphatic heterocycles. The van der Waals surface area contributed by atoms with Gasteiger partial charge in [0.2, 0.25) is 0 Å². The monoisotopic (exact) mass is 343 g/mol. The molecule has 0 unspecified atom stereocenters. The van der Waals surface area contributed by atoms with Crippen molar-refractivity contribution in [2.45, 2.75) is 6.10 Å². The molecule has 0 spiro atoms. The van der Waals surface area contributed by atoms with Gasteiger partial charge >= 0.3 is 5.97 Å². The van der Waals surface area contributed by atoms with E-state index in [0.29, 0.717) is 30.8 Å². The molecule has 1 fully saturated rings. The van der Waals surface area contributed by atoms with Crippen molar-refractivity contribution < 1.29 is 24.2 Å². The van der Waals surface area contributed by atoms with Crippen LogP contribution in [-0.4, -0.2) is 49.5 Å². The van der Waals surface area contributed by atoms with Crippen LogP contribution < -0.4 is 5.32 Å². The lowest BCUT2D eigenvalue weighted by molar-refractivity contribution is -0.0855. The van der Waals surface area contributed by atoms with Crippen molar-refractivity contribution in [2.75, 3.05) is 26.4 Å². The number of halogens is 1. The van der Waals surface area contributed by atoms with E-state index in [9.17, 15) is 9.59 Å². The number of carboxylic acid groups (broad SMARTS) is 1. The standard InChI is InChI=1S/C13H14BrNO5/c14-10-4-8(3-9(5-10)13(17)18)12(16)15-6-11-7-19-1-2-20-11/h3-5,11H,1-2,6-7H2,(H,15,16)(H,17,18)/t11-/m1/s1. The van der Waals surface area contributed by atoms with Crippen molar-refractivity contribution in [1.82, 2.24) is 5.32 Å². The van der Waals surface area contributed by atoms with Crippen molar-refractivity contribution in [3.8, 4) is 0 Å². The summed E-state index contributed by atoms with van der Waals surface area (Å²) < 4.78 is 11.2. The molecule has 1 aromatic rings. The van der Waals surface area contributed by atoms with E-state index in [1.807, 2.05) is 0 Å². The van der Waals surface area contributed by atoms with E-state index in [4.69, 9.17) is 14.6 Å². The maximum absolute atomic E-state index is 12.0. The summed E-state index contributed by atoms with van der Waals surface area (Å²) in [5, 5.41) is 11.7. The Balaban J connectivity index is 1.99. The third kappa shape index (κ3) is 4.03.